The van der Waals surface area contributed by atoms with Crippen LogP contribution in [-0.4, -0.2) is 11.8 Å². The molecule has 156 valence electrons. The highest BCUT2D eigenvalue weighted by Crippen LogP contribution is 2.35. The summed E-state index contributed by atoms with van der Waals surface area (Å²) < 4.78 is 0. The highest BCUT2D eigenvalue weighted by molar-refractivity contribution is 6.46. The Kier molecular flexibility index (Phi) is 5.47. The largest absolute Gasteiger partial charge is 0.350 e. The standard InChI is InChI=1S/C27H26N2O2/c1-5-20-10-14-22(15-11-20)28-25-24(21-12-7-17(2)8-13-21)26(30)29(27(25)31)23-16-18(3)6-9-19(23)4/h6-16,28H,5H2,1-4H3. The van der Waals surface area contributed by atoms with Crippen molar-refractivity contribution in [2.24, 2.45) is 0 Å². The van der Waals surface area contributed by atoms with Gasteiger partial charge < -0.3 is 5.32 Å². The van der Waals surface area contributed by atoms with Crippen LogP contribution in [0.15, 0.2) is 72.4 Å². The van der Waals surface area contributed by atoms with Crippen LogP contribution in [0.5, 0.6) is 0 Å². The minimum absolute atomic E-state index is 0.305. The summed E-state index contributed by atoms with van der Waals surface area (Å²) in [6, 6.07) is 21.4. The second-order valence-electron chi connectivity index (χ2n) is 8.03. The van der Waals surface area contributed by atoms with Gasteiger partial charge in [0, 0.05) is 5.69 Å². The van der Waals surface area contributed by atoms with E-state index in [-0.39, 0.29) is 11.8 Å². The van der Waals surface area contributed by atoms with E-state index in [4.69, 9.17) is 0 Å². The van der Waals surface area contributed by atoms with Crippen LogP contribution in [-0.2, 0) is 16.0 Å². The van der Waals surface area contributed by atoms with Crippen molar-refractivity contribution in [3.63, 3.8) is 0 Å². The van der Waals surface area contributed by atoms with Crippen molar-refractivity contribution in [3.8, 4) is 0 Å². The lowest BCUT2D eigenvalue weighted by Crippen LogP contribution is -2.33. The van der Waals surface area contributed by atoms with Gasteiger partial charge in [0.05, 0.1) is 11.3 Å². The fraction of sp³-hybridized carbons (Fsp3) is 0.185. The Morgan fingerprint density at radius 1 is 0.774 bits per heavy atom. The van der Waals surface area contributed by atoms with E-state index in [0.717, 1.165) is 34.4 Å². The zero-order valence-corrected chi connectivity index (χ0v) is 18.3. The number of anilines is 2. The molecule has 1 heterocycles. The minimum Gasteiger partial charge on any atom is -0.350 e. The number of aryl methyl sites for hydroxylation is 4. The maximum Gasteiger partial charge on any atom is 0.282 e. The molecule has 0 saturated heterocycles. The summed E-state index contributed by atoms with van der Waals surface area (Å²) in [4.78, 5) is 28.4. The van der Waals surface area contributed by atoms with E-state index in [9.17, 15) is 9.59 Å². The zero-order chi connectivity index (χ0) is 22.1. The monoisotopic (exact) mass is 410 g/mol. The number of carbonyl (C=O) groups is 2. The first-order chi connectivity index (χ1) is 14.9. The molecule has 0 aromatic heterocycles. The molecule has 4 nitrogen and oxygen atoms in total. The van der Waals surface area contributed by atoms with Crippen molar-refractivity contribution in [3.05, 3.63) is 100 Å². The van der Waals surface area contributed by atoms with Gasteiger partial charge in [-0.15, -0.1) is 0 Å². The minimum atomic E-state index is -0.339. The molecule has 0 unspecified atom stereocenters. The Morgan fingerprint density at radius 3 is 2.06 bits per heavy atom. The second-order valence-corrected chi connectivity index (χ2v) is 8.03. The predicted molar refractivity (Wildman–Crippen MR) is 126 cm³/mol. The molecule has 4 rings (SSSR count). The van der Waals surface area contributed by atoms with Crippen LogP contribution >= 0.6 is 0 Å². The Labute approximate surface area is 183 Å². The molecule has 1 N–H and O–H groups in total. The quantitative estimate of drug-likeness (QED) is 0.559. The maximum atomic E-state index is 13.6. The summed E-state index contributed by atoms with van der Waals surface area (Å²) in [6.07, 6.45) is 0.940. The van der Waals surface area contributed by atoms with Crippen LogP contribution in [0.4, 0.5) is 11.4 Å². The van der Waals surface area contributed by atoms with Gasteiger partial charge in [0.25, 0.3) is 11.8 Å². The number of amides is 2. The first kappa shape index (κ1) is 20.6. The van der Waals surface area contributed by atoms with Gasteiger partial charge in [0.15, 0.2) is 0 Å². The molecule has 0 radical (unpaired) electrons. The lowest BCUT2D eigenvalue weighted by atomic mass is 10.0. The van der Waals surface area contributed by atoms with Gasteiger partial charge >= 0.3 is 0 Å². The molecule has 0 aliphatic carbocycles. The summed E-state index contributed by atoms with van der Waals surface area (Å²) in [7, 11) is 0. The molecule has 2 amide bonds. The first-order valence-electron chi connectivity index (χ1n) is 10.5. The molecule has 3 aromatic carbocycles. The topological polar surface area (TPSA) is 49.4 Å². The number of nitrogens with zero attached hydrogens (tertiary/aromatic N) is 1. The average Bonchev–Trinajstić information content (AvgIpc) is 3.00. The predicted octanol–water partition coefficient (Wildman–Crippen LogP) is 5.57. The lowest BCUT2D eigenvalue weighted by Gasteiger charge is -2.18. The molecular formula is C27H26N2O2. The van der Waals surface area contributed by atoms with Gasteiger partial charge in [0.1, 0.15) is 5.70 Å². The van der Waals surface area contributed by atoms with Gasteiger partial charge in [-0.3, -0.25) is 9.59 Å². The lowest BCUT2D eigenvalue weighted by molar-refractivity contribution is -0.120. The van der Waals surface area contributed by atoms with E-state index >= 15 is 0 Å². The summed E-state index contributed by atoms with van der Waals surface area (Å²) in [5.41, 5.74) is 7.01. The second kappa shape index (κ2) is 8.23. The smallest absolute Gasteiger partial charge is 0.282 e. The number of nitrogens with one attached hydrogen (secondary N) is 1. The van der Waals surface area contributed by atoms with E-state index in [2.05, 4.69) is 12.2 Å². The molecule has 31 heavy (non-hydrogen) atoms. The van der Waals surface area contributed by atoms with Crippen LogP contribution in [0.1, 0.15) is 34.7 Å². The average molecular weight is 411 g/mol. The van der Waals surface area contributed by atoms with E-state index < -0.39 is 0 Å². The van der Waals surface area contributed by atoms with Crippen LogP contribution in [0.2, 0.25) is 0 Å². The van der Waals surface area contributed by atoms with Gasteiger partial charge in [-0.05, 0) is 67.6 Å². The molecule has 0 bridgehead atoms. The zero-order valence-electron chi connectivity index (χ0n) is 18.3. The summed E-state index contributed by atoms with van der Waals surface area (Å²) in [5, 5.41) is 3.24. The van der Waals surface area contributed by atoms with Crippen molar-refractivity contribution in [1.82, 2.24) is 0 Å². The van der Waals surface area contributed by atoms with E-state index in [1.807, 2.05) is 87.5 Å². The molecule has 0 spiro atoms. The molecule has 4 heteroatoms. The molecule has 0 saturated carbocycles. The molecule has 0 atom stereocenters. The SMILES string of the molecule is CCc1ccc(NC2=C(c3ccc(C)cc3)C(=O)N(c3cc(C)ccc3C)C2=O)cc1. The normalized spacial score (nSPS) is 13.9. The van der Waals surface area contributed by atoms with Crippen molar-refractivity contribution in [2.75, 3.05) is 10.2 Å². The fourth-order valence-corrected chi connectivity index (χ4v) is 3.78. The van der Waals surface area contributed by atoms with Crippen molar-refractivity contribution >= 4 is 28.8 Å². The third kappa shape index (κ3) is 3.89. The number of hydrogen-bond donors (Lipinski definition) is 1. The molecule has 0 fully saturated rings. The molecular weight excluding hydrogens is 384 g/mol. The number of carbonyl (C=O) groups excluding carboxylic acids is 2. The molecule has 3 aromatic rings. The first-order valence-corrected chi connectivity index (χ1v) is 10.5. The number of hydrogen-bond acceptors (Lipinski definition) is 3. The Balaban J connectivity index is 1.82. The van der Waals surface area contributed by atoms with Gasteiger partial charge in [-0.25, -0.2) is 4.90 Å². The van der Waals surface area contributed by atoms with Crippen LogP contribution in [0, 0.1) is 20.8 Å². The Hall–Kier alpha value is -3.66. The van der Waals surface area contributed by atoms with Crippen molar-refractivity contribution < 1.29 is 9.59 Å². The van der Waals surface area contributed by atoms with Gasteiger partial charge in [-0.2, -0.15) is 0 Å². The van der Waals surface area contributed by atoms with Crippen LogP contribution in [0.3, 0.4) is 0 Å². The maximum absolute atomic E-state index is 13.6. The summed E-state index contributed by atoms with van der Waals surface area (Å²) >= 11 is 0. The number of imide groups is 1. The van der Waals surface area contributed by atoms with Gasteiger partial charge in [0.2, 0.25) is 0 Å². The van der Waals surface area contributed by atoms with Crippen LogP contribution in [0.25, 0.3) is 5.57 Å². The van der Waals surface area contributed by atoms with Crippen LogP contribution < -0.4 is 10.2 Å². The summed E-state index contributed by atoms with van der Waals surface area (Å²) in [5.74, 6) is -0.649. The Bertz CT molecular complexity index is 1190. The van der Waals surface area contributed by atoms with E-state index in [1.54, 1.807) is 0 Å². The third-order valence-corrected chi connectivity index (χ3v) is 5.66. The Morgan fingerprint density at radius 2 is 1.42 bits per heavy atom. The highest BCUT2D eigenvalue weighted by Gasteiger charge is 2.40. The number of benzene rings is 3. The van der Waals surface area contributed by atoms with Crippen molar-refractivity contribution in [2.45, 2.75) is 34.1 Å². The molecule has 1 aliphatic rings. The third-order valence-electron chi connectivity index (χ3n) is 5.66. The van der Waals surface area contributed by atoms with Gasteiger partial charge in [-0.1, -0.05) is 61.0 Å². The summed E-state index contributed by atoms with van der Waals surface area (Å²) in [6.45, 7) is 7.96. The molecule has 1 aliphatic heterocycles. The van der Waals surface area contributed by atoms with E-state index in [0.29, 0.717) is 17.0 Å². The highest BCUT2D eigenvalue weighted by atomic mass is 16.2. The van der Waals surface area contributed by atoms with E-state index in [1.165, 1.54) is 10.5 Å². The number of rotatable bonds is 5. The van der Waals surface area contributed by atoms with Crippen molar-refractivity contribution in [1.29, 1.82) is 0 Å². The fourth-order valence-electron chi connectivity index (χ4n) is 3.78.